The quantitative estimate of drug-likeness (QED) is 0.640. The van der Waals surface area contributed by atoms with Gasteiger partial charge < -0.3 is 15.8 Å². The summed E-state index contributed by atoms with van der Waals surface area (Å²) in [5, 5.41) is 3.08. The Labute approximate surface area is 97.9 Å². The van der Waals surface area contributed by atoms with Crippen molar-refractivity contribution in [2.75, 3.05) is 19.8 Å². The van der Waals surface area contributed by atoms with Gasteiger partial charge in [-0.2, -0.15) is 0 Å². The molecule has 1 rings (SSSR count). The van der Waals surface area contributed by atoms with Gasteiger partial charge in [0.05, 0.1) is 0 Å². The first-order valence-electron chi connectivity index (χ1n) is 6.35. The first-order chi connectivity index (χ1) is 7.77. The second-order valence-corrected chi connectivity index (χ2v) is 4.40. The minimum atomic E-state index is 0.144. The number of nitrogens with two attached hydrogens (primary N) is 1. The summed E-state index contributed by atoms with van der Waals surface area (Å²) in [5.74, 6) is 0.626. The second kappa shape index (κ2) is 7.63. The fourth-order valence-corrected chi connectivity index (χ4v) is 2.27. The number of hydrogen-bond acceptors (Lipinski definition) is 3. The van der Waals surface area contributed by atoms with E-state index in [-0.39, 0.29) is 5.91 Å². The van der Waals surface area contributed by atoms with Crippen molar-refractivity contribution in [3.63, 3.8) is 0 Å². The topological polar surface area (TPSA) is 64.3 Å². The van der Waals surface area contributed by atoms with Crippen molar-refractivity contribution >= 4 is 5.91 Å². The van der Waals surface area contributed by atoms with Gasteiger partial charge >= 0.3 is 0 Å². The molecule has 0 heterocycles. The first-order valence-corrected chi connectivity index (χ1v) is 6.35. The molecule has 3 N–H and O–H groups in total. The Morgan fingerprint density at radius 3 is 3.00 bits per heavy atom. The zero-order chi connectivity index (χ0) is 11.8. The zero-order valence-electron chi connectivity index (χ0n) is 10.2. The molecule has 1 aliphatic rings. The van der Waals surface area contributed by atoms with Crippen molar-refractivity contribution in [3.05, 3.63) is 0 Å². The van der Waals surface area contributed by atoms with Crippen LogP contribution in [0.2, 0.25) is 0 Å². The SMILES string of the molecule is CCOCCCC(=O)NC1CCCC1CN. The molecule has 4 nitrogen and oxygen atoms in total. The molecule has 0 aliphatic heterocycles. The maximum Gasteiger partial charge on any atom is 0.220 e. The maximum atomic E-state index is 11.6. The number of amides is 1. The van der Waals surface area contributed by atoms with Gasteiger partial charge in [-0.05, 0) is 38.6 Å². The summed E-state index contributed by atoms with van der Waals surface area (Å²) >= 11 is 0. The third-order valence-electron chi connectivity index (χ3n) is 3.20. The monoisotopic (exact) mass is 228 g/mol. The molecular weight excluding hydrogens is 204 g/mol. The van der Waals surface area contributed by atoms with Crippen molar-refractivity contribution in [2.24, 2.45) is 11.7 Å². The molecule has 1 fully saturated rings. The van der Waals surface area contributed by atoms with Crippen LogP contribution in [0.5, 0.6) is 0 Å². The minimum Gasteiger partial charge on any atom is -0.382 e. The molecule has 4 heteroatoms. The van der Waals surface area contributed by atoms with Gasteiger partial charge in [0.15, 0.2) is 0 Å². The van der Waals surface area contributed by atoms with Crippen molar-refractivity contribution in [2.45, 2.75) is 45.1 Å². The second-order valence-electron chi connectivity index (χ2n) is 4.40. The molecule has 2 unspecified atom stereocenters. The fourth-order valence-electron chi connectivity index (χ4n) is 2.27. The van der Waals surface area contributed by atoms with E-state index in [0.717, 1.165) is 25.9 Å². The van der Waals surface area contributed by atoms with Crippen LogP contribution < -0.4 is 11.1 Å². The van der Waals surface area contributed by atoms with Gasteiger partial charge in [-0.3, -0.25) is 4.79 Å². The molecule has 0 aromatic carbocycles. The predicted molar refractivity (Wildman–Crippen MR) is 64.1 cm³/mol. The largest absolute Gasteiger partial charge is 0.382 e. The van der Waals surface area contributed by atoms with Gasteiger partial charge in [0, 0.05) is 25.7 Å². The van der Waals surface area contributed by atoms with Gasteiger partial charge in [0.1, 0.15) is 0 Å². The Hall–Kier alpha value is -0.610. The van der Waals surface area contributed by atoms with Crippen LogP contribution in [-0.2, 0) is 9.53 Å². The standard InChI is InChI=1S/C12H24N2O2/c1-2-16-8-4-7-12(15)14-11-6-3-5-10(11)9-13/h10-11H,2-9,13H2,1H3,(H,14,15). The molecule has 1 amide bonds. The van der Waals surface area contributed by atoms with Crippen molar-refractivity contribution in [1.29, 1.82) is 0 Å². The lowest BCUT2D eigenvalue weighted by atomic mass is 10.0. The third-order valence-corrected chi connectivity index (χ3v) is 3.20. The molecule has 0 bridgehead atoms. The average molecular weight is 228 g/mol. The van der Waals surface area contributed by atoms with E-state index in [4.69, 9.17) is 10.5 Å². The van der Waals surface area contributed by atoms with Crippen LogP contribution in [0.1, 0.15) is 39.0 Å². The lowest BCUT2D eigenvalue weighted by Gasteiger charge is -2.19. The first kappa shape index (κ1) is 13.5. The lowest BCUT2D eigenvalue weighted by molar-refractivity contribution is -0.122. The van der Waals surface area contributed by atoms with Gasteiger partial charge in [-0.1, -0.05) is 6.42 Å². The maximum absolute atomic E-state index is 11.6. The van der Waals surface area contributed by atoms with Gasteiger partial charge in [-0.25, -0.2) is 0 Å². The Morgan fingerprint density at radius 1 is 1.50 bits per heavy atom. The van der Waals surface area contributed by atoms with Crippen molar-refractivity contribution in [1.82, 2.24) is 5.32 Å². The van der Waals surface area contributed by atoms with Crippen LogP contribution in [-0.4, -0.2) is 31.7 Å². The van der Waals surface area contributed by atoms with E-state index in [1.165, 1.54) is 6.42 Å². The highest BCUT2D eigenvalue weighted by Gasteiger charge is 2.26. The summed E-state index contributed by atoms with van der Waals surface area (Å²) in [7, 11) is 0. The number of carbonyl (C=O) groups is 1. The van der Waals surface area contributed by atoms with Crippen molar-refractivity contribution < 1.29 is 9.53 Å². The number of ether oxygens (including phenoxy) is 1. The summed E-state index contributed by atoms with van der Waals surface area (Å²) in [6, 6.07) is 0.310. The zero-order valence-corrected chi connectivity index (χ0v) is 10.2. The third kappa shape index (κ3) is 4.49. The van der Waals surface area contributed by atoms with Crippen LogP contribution in [0.25, 0.3) is 0 Å². The Morgan fingerprint density at radius 2 is 2.31 bits per heavy atom. The normalized spacial score (nSPS) is 24.6. The molecule has 1 aliphatic carbocycles. The summed E-state index contributed by atoms with van der Waals surface area (Å²) in [4.78, 5) is 11.6. The van der Waals surface area contributed by atoms with Crippen LogP contribution in [0.15, 0.2) is 0 Å². The molecular formula is C12H24N2O2. The smallest absolute Gasteiger partial charge is 0.220 e. The predicted octanol–water partition coefficient (Wildman–Crippen LogP) is 1.05. The lowest BCUT2D eigenvalue weighted by Crippen LogP contribution is -2.39. The number of nitrogens with one attached hydrogen (secondary N) is 1. The Balaban J connectivity index is 2.13. The van der Waals surface area contributed by atoms with E-state index in [9.17, 15) is 4.79 Å². The summed E-state index contributed by atoms with van der Waals surface area (Å²) in [6.07, 6.45) is 4.79. The number of hydrogen-bond donors (Lipinski definition) is 2. The highest BCUT2D eigenvalue weighted by molar-refractivity contribution is 5.76. The molecule has 94 valence electrons. The van der Waals surface area contributed by atoms with Crippen LogP contribution in [0.4, 0.5) is 0 Å². The van der Waals surface area contributed by atoms with E-state index in [0.29, 0.717) is 31.5 Å². The Kier molecular flexibility index (Phi) is 6.42. The molecule has 16 heavy (non-hydrogen) atoms. The summed E-state index contributed by atoms with van der Waals surface area (Å²) < 4.78 is 5.20. The molecule has 2 atom stereocenters. The molecule has 0 saturated heterocycles. The molecule has 1 saturated carbocycles. The van der Waals surface area contributed by atoms with E-state index >= 15 is 0 Å². The fraction of sp³-hybridized carbons (Fsp3) is 0.917. The summed E-state index contributed by atoms with van der Waals surface area (Å²) in [6.45, 7) is 4.04. The highest BCUT2D eigenvalue weighted by atomic mass is 16.5. The van der Waals surface area contributed by atoms with Gasteiger partial charge in [-0.15, -0.1) is 0 Å². The van der Waals surface area contributed by atoms with Crippen LogP contribution in [0, 0.1) is 5.92 Å². The Bertz CT molecular complexity index is 209. The average Bonchev–Trinajstić information content (AvgIpc) is 2.71. The minimum absolute atomic E-state index is 0.144. The van der Waals surface area contributed by atoms with Crippen LogP contribution in [0.3, 0.4) is 0 Å². The molecule has 0 spiro atoms. The van der Waals surface area contributed by atoms with Gasteiger partial charge in [0.25, 0.3) is 0 Å². The highest BCUT2D eigenvalue weighted by Crippen LogP contribution is 2.24. The molecule has 0 aromatic heterocycles. The van der Waals surface area contributed by atoms with E-state index in [1.807, 2.05) is 6.92 Å². The molecule has 0 aromatic rings. The van der Waals surface area contributed by atoms with Gasteiger partial charge in [0.2, 0.25) is 5.91 Å². The van der Waals surface area contributed by atoms with E-state index in [1.54, 1.807) is 0 Å². The van der Waals surface area contributed by atoms with Crippen molar-refractivity contribution in [3.8, 4) is 0 Å². The van der Waals surface area contributed by atoms with E-state index < -0.39 is 0 Å². The number of carbonyl (C=O) groups excluding carboxylic acids is 1. The number of rotatable bonds is 7. The van der Waals surface area contributed by atoms with Crippen LogP contribution >= 0.6 is 0 Å². The molecule has 0 radical (unpaired) electrons. The summed E-state index contributed by atoms with van der Waals surface area (Å²) in [5.41, 5.74) is 5.67. The van der Waals surface area contributed by atoms with E-state index in [2.05, 4.69) is 5.32 Å².